The Bertz CT molecular complexity index is 163. The summed E-state index contributed by atoms with van der Waals surface area (Å²) in [5.74, 6) is 0. The third kappa shape index (κ3) is 4.76. The largest absolute Gasteiger partial charge is 0.352 e. The van der Waals surface area contributed by atoms with E-state index >= 15 is 0 Å². The molecule has 0 aliphatic heterocycles. The Hall–Kier alpha value is -1.72. The van der Waals surface area contributed by atoms with Gasteiger partial charge in [-0.05, 0) is 6.08 Å². The molecule has 6 heteroatoms. The number of carbonyl (C=O) groups is 2. The number of urea groups is 2. The highest BCUT2D eigenvalue weighted by atomic mass is 16.2. The highest BCUT2D eigenvalue weighted by molar-refractivity contribution is 5.75. The lowest BCUT2D eigenvalue weighted by Gasteiger charge is -2.12. The van der Waals surface area contributed by atoms with Gasteiger partial charge in [-0.25, -0.2) is 9.59 Å². The zero-order valence-electron chi connectivity index (χ0n) is 5.83. The van der Waals surface area contributed by atoms with Crippen molar-refractivity contribution in [2.75, 3.05) is 0 Å². The maximum absolute atomic E-state index is 10.2. The minimum atomic E-state index is -0.761. The first-order chi connectivity index (χ1) is 5.06. The Balaban J connectivity index is 3.85. The van der Waals surface area contributed by atoms with E-state index in [0.29, 0.717) is 0 Å². The van der Waals surface area contributed by atoms with Gasteiger partial charge in [0.2, 0.25) is 0 Å². The highest BCUT2D eigenvalue weighted by Crippen LogP contribution is 1.76. The quantitative estimate of drug-likeness (QED) is 0.306. The molecule has 62 valence electrons. The molecule has 0 atom stereocenters. The van der Waals surface area contributed by atoms with Gasteiger partial charge in [-0.3, -0.25) is 0 Å². The summed E-state index contributed by atoms with van der Waals surface area (Å²) in [4.78, 5) is 20.4. The summed E-state index contributed by atoms with van der Waals surface area (Å²) < 4.78 is 0. The standard InChI is InChI=1S/C5H10N4O2/c1-2-3(8-4(6)10)9-5(7)11/h2-3H,1H2,(H3,6,8,10)(H3,7,9,11). The van der Waals surface area contributed by atoms with Gasteiger partial charge in [-0.1, -0.05) is 6.58 Å². The summed E-state index contributed by atoms with van der Waals surface area (Å²) in [5, 5.41) is 4.34. The average molecular weight is 158 g/mol. The molecule has 0 aromatic rings. The predicted octanol–water partition coefficient (Wildman–Crippen LogP) is -1.16. The van der Waals surface area contributed by atoms with Gasteiger partial charge in [0.1, 0.15) is 6.17 Å². The van der Waals surface area contributed by atoms with E-state index in [1.807, 2.05) is 0 Å². The van der Waals surface area contributed by atoms with Crippen LogP contribution < -0.4 is 22.1 Å². The molecular weight excluding hydrogens is 148 g/mol. The van der Waals surface area contributed by atoms with Crippen LogP contribution in [0, 0.1) is 0 Å². The molecule has 0 spiro atoms. The van der Waals surface area contributed by atoms with E-state index in [-0.39, 0.29) is 0 Å². The summed E-state index contributed by atoms with van der Waals surface area (Å²) in [7, 11) is 0. The molecule has 0 saturated carbocycles. The first kappa shape index (κ1) is 9.28. The number of hydrogen-bond donors (Lipinski definition) is 4. The van der Waals surface area contributed by atoms with Crippen LogP contribution in [0.3, 0.4) is 0 Å². The van der Waals surface area contributed by atoms with Gasteiger partial charge in [0.05, 0.1) is 0 Å². The van der Waals surface area contributed by atoms with Crippen LogP contribution in [0.25, 0.3) is 0 Å². The third-order valence-electron chi connectivity index (χ3n) is 0.831. The highest BCUT2D eigenvalue weighted by Gasteiger charge is 2.05. The van der Waals surface area contributed by atoms with Crippen molar-refractivity contribution in [3.63, 3.8) is 0 Å². The fourth-order valence-electron chi connectivity index (χ4n) is 0.460. The molecule has 0 heterocycles. The molecule has 0 aliphatic carbocycles. The van der Waals surface area contributed by atoms with Crippen molar-refractivity contribution in [1.29, 1.82) is 0 Å². The summed E-state index contributed by atoms with van der Waals surface area (Å²) >= 11 is 0. The van der Waals surface area contributed by atoms with E-state index in [9.17, 15) is 9.59 Å². The Morgan fingerprint density at radius 3 is 1.82 bits per heavy atom. The molecule has 6 nitrogen and oxygen atoms in total. The maximum atomic E-state index is 10.2. The minimum Gasteiger partial charge on any atom is -0.352 e. The Labute approximate surface area is 63.6 Å². The van der Waals surface area contributed by atoms with Gasteiger partial charge in [-0.15, -0.1) is 0 Å². The molecule has 0 bridgehead atoms. The van der Waals surface area contributed by atoms with Gasteiger partial charge in [-0.2, -0.15) is 0 Å². The molecule has 0 rings (SSSR count). The Morgan fingerprint density at radius 2 is 1.64 bits per heavy atom. The number of rotatable bonds is 3. The van der Waals surface area contributed by atoms with Crippen molar-refractivity contribution in [1.82, 2.24) is 10.6 Å². The van der Waals surface area contributed by atoms with E-state index in [0.717, 1.165) is 0 Å². The monoisotopic (exact) mass is 158 g/mol. The van der Waals surface area contributed by atoms with E-state index < -0.39 is 18.2 Å². The first-order valence-corrected chi connectivity index (χ1v) is 2.80. The summed E-state index contributed by atoms with van der Waals surface area (Å²) in [6.45, 7) is 3.33. The fourth-order valence-corrected chi connectivity index (χ4v) is 0.460. The zero-order chi connectivity index (χ0) is 8.85. The first-order valence-electron chi connectivity index (χ1n) is 2.80. The van der Waals surface area contributed by atoms with Crippen molar-refractivity contribution in [3.8, 4) is 0 Å². The number of nitrogens with one attached hydrogen (secondary N) is 2. The lowest BCUT2D eigenvalue weighted by molar-refractivity contribution is 0.239. The second-order valence-corrected chi connectivity index (χ2v) is 1.73. The van der Waals surface area contributed by atoms with Crippen LogP contribution in [0.2, 0.25) is 0 Å². The van der Waals surface area contributed by atoms with Crippen LogP contribution >= 0.6 is 0 Å². The Morgan fingerprint density at radius 1 is 1.27 bits per heavy atom. The third-order valence-corrected chi connectivity index (χ3v) is 0.831. The molecule has 0 aromatic carbocycles. The maximum Gasteiger partial charge on any atom is 0.314 e. The van der Waals surface area contributed by atoms with Crippen molar-refractivity contribution >= 4 is 12.1 Å². The second-order valence-electron chi connectivity index (χ2n) is 1.73. The van der Waals surface area contributed by atoms with Crippen molar-refractivity contribution in [2.24, 2.45) is 11.5 Å². The van der Waals surface area contributed by atoms with Gasteiger partial charge in [0, 0.05) is 0 Å². The molecule has 6 N–H and O–H groups in total. The van der Waals surface area contributed by atoms with Crippen molar-refractivity contribution in [3.05, 3.63) is 12.7 Å². The number of hydrogen-bond acceptors (Lipinski definition) is 2. The van der Waals surface area contributed by atoms with Crippen LogP contribution in [-0.4, -0.2) is 18.2 Å². The fraction of sp³-hybridized carbons (Fsp3) is 0.200. The van der Waals surface area contributed by atoms with Gasteiger partial charge < -0.3 is 22.1 Å². The van der Waals surface area contributed by atoms with E-state index in [4.69, 9.17) is 11.5 Å². The van der Waals surface area contributed by atoms with Gasteiger partial charge >= 0.3 is 12.1 Å². The molecule has 0 saturated heterocycles. The van der Waals surface area contributed by atoms with Crippen molar-refractivity contribution < 1.29 is 9.59 Å². The zero-order valence-corrected chi connectivity index (χ0v) is 5.83. The number of amides is 4. The number of nitrogens with two attached hydrogens (primary N) is 2. The predicted molar refractivity (Wildman–Crippen MR) is 39.4 cm³/mol. The van der Waals surface area contributed by atoms with Crippen LogP contribution in [0.1, 0.15) is 0 Å². The van der Waals surface area contributed by atoms with Crippen LogP contribution in [0.4, 0.5) is 9.59 Å². The van der Waals surface area contributed by atoms with E-state index in [2.05, 4.69) is 17.2 Å². The minimum absolute atomic E-state index is 0.718. The Kier molecular flexibility index (Phi) is 3.50. The van der Waals surface area contributed by atoms with Crippen LogP contribution in [-0.2, 0) is 0 Å². The molecular formula is C5H10N4O2. The van der Waals surface area contributed by atoms with Gasteiger partial charge in [0.15, 0.2) is 0 Å². The number of carbonyl (C=O) groups excluding carboxylic acids is 2. The van der Waals surface area contributed by atoms with Crippen LogP contribution in [0.5, 0.6) is 0 Å². The molecule has 0 unspecified atom stereocenters. The normalized spacial score (nSPS) is 8.82. The summed E-state index contributed by atoms with van der Waals surface area (Å²) in [6, 6.07) is -1.52. The number of primary amides is 2. The molecule has 11 heavy (non-hydrogen) atoms. The molecule has 0 aliphatic rings. The molecule has 0 fully saturated rings. The summed E-state index contributed by atoms with van der Waals surface area (Å²) in [5.41, 5.74) is 9.51. The summed E-state index contributed by atoms with van der Waals surface area (Å²) in [6.07, 6.45) is 0.570. The second kappa shape index (κ2) is 4.15. The lowest BCUT2D eigenvalue weighted by Crippen LogP contribution is -2.50. The SMILES string of the molecule is C=CC(NC(N)=O)NC(N)=O. The smallest absolute Gasteiger partial charge is 0.314 e. The van der Waals surface area contributed by atoms with Gasteiger partial charge in [0.25, 0.3) is 0 Å². The van der Waals surface area contributed by atoms with Crippen molar-refractivity contribution in [2.45, 2.75) is 6.17 Å². The van der Waals surface area contributed by atoms with Crippen LogP contribution in [0.15, 0.2) is 12.7 Å². The van der Waals surface area contributed by atoms with E-state index in [1.165, 1.54) is 6.08 Å². The topological polar surface area (TPSA) is 110 Å². The average Bonchev–Trinajstić information content (AvgIpc) is 1.84. The molecule has 4 amide bonds. The molecule has 0 radical (unpaired) electrons. The van der Waals surface area contributed by atoms with E-state index in [1.54, 1.807) is 0 Å². The molecule has 0 aromatic heterocycles. The lowest BCUT2D eigenvalue weighted by atomic mass is 10.5.